The number of carbonyl (C=O) groups is 2. The van der Waals surface area contributed by atoms with Gasteiger partial charge in [0, 0.05) is 29.6 Å². The summed E-state index contributed by atoms with van der Waals surface area (Å²) >= 11 is 12.4. The molecule has 1 N–H and O–H groups in total. The van der Waals surface area contributed by atoms with Crippen molar-refractivity contribution in [2.45, 2.75) is 38.8 Å². The summed E-state index contributed by atoms with van der Waals surface area (Å²) in [5.74, 6) is -0.855. The first-order valence-corrected chi connectivity index (χ1v) is 15.3. The molecule has 0 heterocycles. The van der Waals surface area contributed by atoms with Crippen LogP contribution in [0.3, 0.4) is 0 Å². The third kappa shape index (κ3) is 8.98. The van der Waals surface area contributed by atoms with Gasteiger partial charge < -0.3 is 10.2 Å². The van der Waals surface area contributed by atoms with Crippen molar-refractivity contribution in [3.8, 4) is 0 Å². The number of unbranched alkanes of at least 4 members (excludes halogenated alkanes) is 1. The molecule has 10 heteroatoms. The lowest BCUT2D eigenvalue weighted by Crippen LogP contribution is -2.53. The Kier molecular flexibility index (Phi) is 11.2. The van der Waals surface area contributed by atoms with Gasteiger partial charge in [-0.2, -0.15) is 0 Å². The van der Waals surface area contributed by atoms with Gasteiger partial charge in [0.1, 0.15) is 12.6 Å². The van der Waals surface area contributed by atoms with Crippen LogP contribution in [0, 0.1) is 0 Å². The summed E-state index contributed by atoms with van der Waals surface area (Å²) in [6, 6.07) is 21.7. The molecular formula is C29H33Cl2N3O4S. The third-order valence-corrected chi connectivity index (χ3v) is 7.95. The highest BCUT2D eigenvalue weighted by atomic mass is 35.5. The minimum atomic E-state index is -3.85. The van der Waals surface area contributed by atoms with E-state index in [0.29, 0.717) is 27.8 Å². The van der Waals surface area contributed by atoms with E-state index in [2.05, 4.69) is 5.32 Å². The van der Waals surface area contributed by atoms with Crippen LogP contribution < -0.4 is 9.62 Å². The number of halogens is 2. The van der Waals surface area contributed by atoms with Crippen LogP contribution in [0.1, 0.15) is 30.9 Å². The van der Waals surface area contributed by atoms with Crippen LogP contribution in [0.4, 0.5) is 5.69 Å². The zero-order valence-electron chi connectivity index (χ0n) is 22.0. The van der Waals surface area contributed by atoms with E-state index in [9.17, 15) is 18.0 Å². The van der Waals surface area contributed by atoms with Gasteiger partial charge in [-0.3, -0.25) is 13.9 Å². The lowest BCUT2D eigenvalue weighted by molar-refractivity contribution is -0.140. The van der Waals surface area contributed by atoms with Gasteiger partial charge in [-0.15, -0.1) is 0 Å². The van der Waals surface area contributed by atoms with E-state index >= 15 is 0 Å². The molecule has 0 radical (unpaired) electrons. The van der Waals surface area contributed by atoms with Gasteiger partial charge in [0.25, 0.3) is 0 Å². The highest BCUT2D eigenvalue weighted by Crippen LogP contribution is 2.24. The Bertz CT molecular complexity index is 1350. The zero-order chi connectivity index (χ0) is 28.4. The van der Waals surface area contributed by atoms with E-state index in [-0.39, 0.29) is 18.9 Å². The average molecular weight is 591 g/mol. The monoisotopic (exact) mass is 589 g/mol. The van der Waals surface area contributed by atoms with Gasteiger partial charge in [-0.25, -0.2) is 8.42 Å². The largest absolute Gasteiger partial charge is 0.354 e. The molecule has 0 bridgehead atoms. The van der Waals surface area contributed by atoms with Crippen molar-refractivity contribution in [1.29, 1.82) is 0 Å². The number of amides is 2. The molecule has 0 aliphatic heterocycles. The van der Waals surface area contributed by atoms with Crippen LogP contribution in [0.2, 0.25) is 10.0 Å². The first-order chi connectivity index (χ1) is 18.6. The van der Waals surface area contributed by atoms with E-state index < -0.39 is 28.5 Å². The summed E-state index contributed by atoms with van der Waals surface area (Å²) in [4.78, 5) is 29.0. The molecule has 3 aromatic rings. The molecule has 0 saturated carbocycles. The number of nitrogens with zero attached hydrogens (tertiary/aromatic N) is 2. The number of hydrogen-bond acceptors (Lipinski definition) is 4. The second-order valence-electron chi connectivity index (χ2n) is 9.21. The van der Waals surface area contributed by atoms with Crippen molar-refractivity contribution < 1.29 is 18.0 Å². The number of hydrogen-bond donors (Lipinski definition) is 1. The standard InChI is InChI=1S/C29H33Cl2N3O4S/c1-3-4-18-32-29(36)27(19-22-10-6-5-7-11-22)33(20-23-12-8-9-13-26(23)31)28(35)21-34(39(2,37)38)25-16-14-24(30)15-17-25/h5-17,27H,3-4,18-21H2,1-2H3,(H,32,36)/t27-/m0/s1. The van der Waals surface area contributed by atoms with Crippen LogP contribution in [0.5, 0.6) is 0 Å². The van der Waals surface area contributed by atoms with Gasteiger partial charge >= 0.3 is 0 Å². The lowest BCUT2D eigenvalue weighted by atomic mass is 10.0. The number of nitrogens with one attached hydrogen (secondary N) is 1. The Hall–Kier alpha value is -3.07. The smallest absolute Gasteiger partial charge is 0.244 e. The Labute approximate surface area is 240 Å². The molecule has 0 unspecified atom stereocenters. The van der Waals surface area contributed by atoms with Crippen LogP contribution in [0.25, 0.3) is 0 Å². The molecule has 0 aliphatic carbocycles. The zero-order valence-corrected chi connectivity index (χ0v) is 24.3. The van der Waals surface area contributed by atoms with Crippen molar-refractivity contribution in [1.82, 2.24) is 10.2 Å². The minimum Gasteiger partial charge on any atom is -0.354 e. The topological polar surface area (TPSA) is 86.8 Å². The van der Waals surface area contributed by atoms with Gasteiger partial charge in [0.15, 0.2) is 0 Å². The maximum atomic E-state index is 14.0. The summed E-state index contributed by atoms with van der Waals surface area (Å²) in [5, 5.41) is 3.83. The maximum absolute atomic E-state index is 14.0. The van der Waals surface area contributed by atoms with Crippen LogP contribution >= 0.6 is 23.2 Å². The molecule has 0 spiro atoms. The fourth-order valence-corrected chi connectivity index (χ4v) is 5.26. The predicted octanol–water partition coefficient (Wildman–Crippen LogP) is 5.32. The summed E-state index contributed by atoms with van der Waals surface area (Å²) in [7, 11) is -3.85. The molecule has 39 heavy (non-hydrogen) atoms. The number of anilines is 1. The second kappa shape index (κ2) is 14.4. The number of rotatable bonds is 13. The number of carbonyl (C=O) groups excluding carboxylic acids is 2. The highest BCUT2D eigenvalue weighted by molar-refractivity contribution is 7.92. The summed E-state index contributed by atoms with van der Waals surface area (Å²) < 4.78 is 26.6. The number of sulfonamides is 1. The van der Waals surface area contributed by atoms with E-state index in [1.807, 2.05) is 37.3 Å². The normalized spacial score (nSPS) is 12.0. The van der Waals surface area contributed by atoms with E-state index in [1.54, 1.807) is 36.4 Å². The van der Waals surface area contributed by atoms with E-state index in [0.717, 1.165) is 29.0 Å². The molecular weight excluding hydrogens is 557 g/mol. The van der Waals surface area contributed by atoms with E-state index in [4.69, 9.17) is 23.2 Å². The third-order valence-electron chi connectivity index (χ3n) is 6.19. The van der Waals surface area contributed by atoms with Gasteiger partial charge in [-0.05, 0) is 47.9 Å². The molecule has 0 aromatic heterocycles. The predicted molar refractivity (Wildman–Crippen MR) is 157 cm³/mol. The van der Waals surface area contributed by atoms with E-state index in [1.165, 1.54) is 17.0 Å². The molecule has 0 saturated heterocycles. The van der Waals surface area contributed by atoms with Crippen molar-refractivity contribution in [2.24, 2.45) is 0 Å². The molecule has 3 rings (SSSR count). The van der Waals surface area contributed by atoms with Gasteiger partial charge in [0.05, 0.1) is 11.9 Å². The first-order valence-electron chi connectivity index (χ1n) is 12.7. The molecule has 2 amide bonds. The minimum absolute atomic E-state index is 0.0232. The Morgan fingerprint density at radius 2 is 1.56 bits per heavy atom. The van der Waals surface area contributed by atoms with Crippen molar-refractivity contribution >= 4 is 50.7 Å². The molecule has 1 atom stereocenters. The lowest BCUT2D eigenvalue weighted by Gasteiger charge is -2.33. The van der Waals surface area contributed by atoms with Crippen LogP contribution in [0.15, 0.2) is 78.9 Å². The summed E-state index contributed by atoms with van der Waals surface area (Å²) in [5.41, 5.74) is 1.80. The average Bonchev–Trinajstić information content (AvgIpc) is 2.91. The SMILES string of the molecule is CCCCNC(=O)[C@H](Cc1ccccc1)N(Cc1ccccc1Cl)C(=O)CN(c1ccc(Cl)cc1)S(C)(=O)=O. The second-order valence-corrected chi connectivity index (χ2v) is 12.0. The van der Waals surface area contributed by atoms with Gasteiger partial charge in [-0.1, -0.05) is 85.1 Å². The molecule has 0 aliphatic rings. The first kappa shape index (κ1) is 30.5. The van der Waals surface area contributed by atoms with Crippen molar-refractivity contribution in [3.63, 3.8) is 0 Å². The van der Waals surface area contributed by atoms with Crippen molar-refractivity contribution in [2.75, 3.05) is 23.7 Å². The molecule has 208 valence electrons. The van der Waals surface area contributed by atoms with Gasteiger partial charge in [0.2, 0.25) is 21.8 Å². The van der Waals surface area contributed by atoms with Crippen LogP contribution in [-0.4, -0.2) is 50.5 Å². The molecule has 7 nitrogen and oxygen atoms in total. The fraction of sp³-hybridized carbons (Fsp3) is 0.310. The molecule has 0 fully saturated rings. The molecule has 3 aromatic carbocycles. The highest BCUT2D eigenvalue weighted by Gasteiger charge is 2.33. The summed E-state index contributed by atoms with van der Waals surface area (Å²) in [6.07, 6.45) is 2.97. The van der Waals surface area contributed by atoms with Crippen LogP contribution in [-0.2, 0) is 32.6 Å². The Morgan fingerprint density at radius 1 is 0.923 bits per heavy atom. The maximum Gasteiger partial charge on any atom is 0.244 e. The quantitative estimate of drug-likeness (QED) is 0.273. The fourth-order valence-electron chi connectivity index (χ4n) is 4.09. The summed E-state index contributed by atoms with van der Waals surface area (Å²) in [6.45, 7) is 2.01. The van der Waals surface area contributed by atoms with Crippen molar-refractivity contribution in [3.05, 3.63) is 100 Å². The number of benzene rings is 3. The Balaban J connectivity index is 2.03. The Morgan fingerprint density at radius 3 is 2.18 bits per heavy atom.